The van der Waals surface area contributed by atoms with E-state index < -0.39 is 0 Å². The summed E-state index contributed by atoms with van der Waals surface area (Å²) < 4.78 is 0. The fourth-order valence-electron chi connectivity index (χ4n) is 4.04. The third-order valence-corrected chi connectivity index (χ3v) is 5.85. The average Bonchev–Trinajstić information content (AvgIpc) is 2.55. The van der Waals surface area contributed by atoms with Gasteiger partial charge in [-0.15, -0.1) is 0 Å². The molecule has 124 valence electrons. The maximum absolute atomic E-state index is 2.52. The van der Waals surface area contributed by atoms with E-state index in [1.54, 1.807) is 5.56 Å². The van der Waals surface area contributed by atoms with Crippen molar-refractivity contribution in [3.63, 3.8) is 0 Å². The highest BCUT2D eigenvalue weighted by Crippen LogP contribution is 2.45. The van der Waals surface area contributed by atoms with Gasteiger partial charge in [0.05, 0.1) is 0 Å². The van der Waals surface area contributed by atoms with Gasteiger partial charge in [0, 0.05) is 0 Å². The van der Waals surface area contributed by atoms with Gasteiger partial charge in [-0.25, -0.2) is 0 Å². The molecule has 1 aliphatic carbocycles. The van der Waals surface area contributed by atoms with Crippen LogP contribution in [-0.4, -0.2) is 0 Å². The van der Waals surface area contributed by atoms with E-state index in [2.05, 4.69) is 45.0 Å². The predicted molar refractivity (Wildman–Crippen MR) is 98.5 cm³/mol. The molecule has 0 bridgehead atoms. The third-order valence-electron chi connectivity index (χ3n) is 5.85. The maximum atomic E-state index is 2.52. The van der Waals surface area contributed by atoms with Gasteiger partial charge in [-0.05, 0) is 67.4 Å². The maximum Gasteiger partial charge on any atom is -0.0162 e. The van der Waals surface area contributed by atoms with Crippen molar-refractivity contribution in [2.75, 3.05) is 0 Å². The lowest BCUT2D eigenvalue weighted by Gasteiger charge is -2.37. The molecule has 0 heteroatoms. The van der Waals surface area contributed by atoms with Crippen LogP contribution >= 0.6 is 0 Å². The SMILES string of the molecule is CCCCCc1ccc([C@H]2CC[C@@](C)(CCCC)CC2)cc1. The largest absolute Gasteiger partial charge is 0.0654 e. The van der Waals surface area contributed by atoms with E-state index in [-0.39, 0.29) is 0 Å². The van der Waals surface area contributed by atoms with Crippen molar-refractivity contribution in [3.05, 3.63) is 35.4 Å². The standard InChI is InChI=1S/C22H36/c1-4-6-8-9-19-10-12-20(13-11-19)21-14-17-22(3,18-15-21)16-7-5-2/h10-13,21H,4-9,14-18H2,1-3H3/t21-,22+. The number of hydrogen-bond donors (Lipinski definition) is 0. The van der Waals surface area contributed by atoms with Crippen molar-refractivity contribution in [3.8, 4) is 0 Å². The summed E-state index contributed by atoms with van der Waals surface area (Å²) >= 11 is 0. The highest BCUT2D eigenvalue weighted by atomic mass is 14.4. The highest BCUT2D eigenvalue weighted by molar-refractivity contribution is 5.26. The Bertz CT molecular complexity index is 406. The van der Waals surface area contributed by atoms with Crippen LogP contribution < -0.4 is 0 Å². The highest BCUT2D eigenvalue weighted by Gasteiger charge is 2.30. The minimum absolute atomic E-state index is 0.632. The van der Waals surface area contributed by atoms with Crippen molar-refractivity contribution >= 4 is 0 Å². The monoisotopic (exact) mass is 300 g/mol. The van der Waals surface area contributed by atoms with Crippen LogP contribution in [0.1, 0.15) is 102 Å². The molecule has 0 amide bonds. The van der Waals surface area contributed by atoms with Gasteiger partial charge in [-0.1, -0.05) is 70.7 Å². The van der Waals surface area contributed by atoms with Gasteiger partial charge in [0.15, 0.2) is 0 Å². The fraction of sp³-hybridized carbons (Fsp3) is 0.727. The summed E-state index contributed by atoms with van der Waals surface area (Å²) in [5, 5.41) is 0. The second kappa shape index (κ2) is 8.75. The van der Waals surface area contributed by atoms with E-state index in [4.69, 9.17) is 0 Å². The molecule has 0 N–H and O–H groups in total. The zero-order valence-electron chi connectivity index (χ0n) is 15.2. The molecule has 0 atom stereocenters. The minimum atomic E-state index is 0.632. The molecule has 0 saturated heterocycles. The molecule has 2 rings (SSSR count). The summed E-state index contributed by atoms with van der Waals surface area (Å²) in [5.74, 6) is 0.819. The Kier molecular flexibility index (Phi) is 6.99. The van der Waals surface area contributed by atoms with Gasteiger partial charge in [-0.3, -0.25) is 0 Å². The third kappa shape index (κ3) is 5.14. The zero-order valence-corrected chi connectivity index (χ0v) is 15.2. The summed E-state index contributed by atoms with van der Waals surface area (Å²) in [6, 6.07) is 9.60. The van der Waals surface area contributed by atoms with Crippen LogP contribution in [0, 0.1) is 5.41 Å². The summed E-state index contributed by atoms with van der Waals surface area (Å²) in [7, 11) is 0. The van der Waals surface area contributed by atoms with Gasteiger partial charge in [0.2, 0.25) is 0 Å². The van der Waals surface area contributed by atoms with Crippen molar-refractivity contribution in [1.82, 2.24) is 0 Å². The van der Waals surface area contributed by atoms with Gasteiger partial charge >= 0.3 is 0 Å². The van der Waals surface area contributed by atoms with Crippen LogP contribution in [0.25, 0.3) is 0 Å². The lowest BCUT2D eigenvalue weighted by atomic mass is 9.68. The Morgan fingerprint density at radius 1 is 0.909 bits per heavy atom. The molecule has 0 unspecified atom stereocenters. The number of benzene rings is 1. The van der Waals surface area contributed by atoms with Gasteiger partial charge in [0.25, 0.3) is 0 Å². The number of rotatable bonds is 8. The van der Waals surface area contributed by atoms with Crippen molar-refractivity contribution in [2.45, 2.75) is 97.3 Å². The fourth-order valence-corrected chi connectivity index (χ4v) is 4.04. The van der Waals surface area contributed by atoms with E-state index >= 15 is 0 Å². The summed E-state index contributed by atoms with van der Waals surface area (Å²) in [6.07, 6.45) is 15.1. The van der Waals surface area contributed by atoms with Gasteiger partial charge in [-0.2, -0.15) is 0 Å². The average molecular weight is 301 g/mol. The van der Waals surface area contributed by atoms with E-state index in [0.717, 1.165) is 5.92 Å². The van der Waals surface area contributed by atoms with Crippen molar-refractivity contribution < 1.29 is 0 Å². The second-order valence-corrected chi connectivity index (χ2v) is 7.89. The molecule has 22 heavy (non-hydrogen) atoms. The quantitative estimate of drug-likeness (QED) is 0.443. The van der Waals surface area contributed by atoms with Crippen LogP contribution in [0.5, 0.6) is 0 Å². The molecule has 1 aromatic rings. The number of unbranched alkanes of at least 4 members (excludes halogenated alkanes) is 3. The van der Waals surface area contributed by atoms with E-state index in [1.807, 2.05) is 0 Å². The molecule has 0 spiro atoms. The molecular formula is C22H36. The smallest absolute Gasteiger partial charge is 0.0162 e. The first-order valence-corrected chi connectivity index (χ1v) is 9.75. The zero-order chi connectivity index (χ0) is 15.8. The van der Waals surface area contributed by atoms with Crippen LogP contribution in [0.15, 0.2) is 24.3 Å². The lowest BCUT2D eigenvalue weighted by molar-refractivity contribution is 0.179. The van der Waals surface area contributed by atoms with Crippen molar-refractivity contribution in [1.29, 1.82) is 0 Å². The molecule has 1 aromatic carbocycles. The predicted octanol–water partition coefficient (Wildman–Crippen LogP) is 7.27. The molecule has 1 aliphatic rings. The van der Waals surface area contributed by atoms with E-state index in [1.165, 1.54) is 76.2 Å². The van der Waals surface area contributed by atoms with E-state index in [9.17, 15) is 0 Å². The second-order valence-electron chi connectivity index (χ2n) is 7.89. The Hall–Kier alpha value is -0.780. The Morgan fingerprint density at radius 3 is 2.14 bits per heavy atom. The molecular weight excluding hydrogens is 264 g/mol. The summed E-state index contributed by atoms with van der Waals surface area (Å²) in [4.78, 5) is 0. The van der Waals surface area contributed by atoms with Gasteiger partial charge < -0.3 is 0 Å². The normalized spacial score (nSPS) is 25.3. The first-order chi connectivity index (χ1) is 10.7. The summed E-state index contributed by atoms with van der Waals surface area (Å²) in [5.41, 5.74) is 3.75. The number of hydrogen-bond acceptors (Lipinski definition) is 0. The van der Waals surface area contributed by atoms with Crippen LogP contribution in [0.4, 0.5) is 0 Å². The first kappa shape index (κ1) is 17.6. The molecule has 0 aromatic heterocycles. The van der Waals surface area contributed by atoms with Crippen LogP contribution in [-0.2, 0) is 6.42 Å². The Balaban J connectivity index is 1.83. The Labute approximate surface area is 138 Å². The number of aryl methyl sites for hydroxylation is 1. The van der Waals surface area contributed by atoms with Crippen LogP contribution in [0.2, 0.25) is 0 Å². The van der Waals surface area contributed by atoms with Crippen molar-refractivity contribution in [2.24, 2.45) is 5.41 Å². The molecule has 1 fully saturated rings. The molecule has 1 saturated carbocycles. The lowest BCUT2D eigenvalue weighted by Crippen LogP contribution is -2.23. The first-order valence-electron chi connectivity index (χ1n) is 9.75. The van der Waals surface area contributed by atoms with Gasteiger partial charge in [0.1, 0.15) is 0 Å². The Morgan fingerprint density at radius 2 is 1.55 bits per heavy atom. The topological polar surface area (TPSA) is 0 Å². The molecule has 0 nitrogen and oxygen atoms in total. The van der Waals surface area contributed by atoms with Crippen LogP contribution in [0.3, 0.4) is 0 Å². The molecule has 0 heterocycles. The summed E-state index contributed by atoms with van der Waals surface area (Å²) in [6.45, 7) is 7.12. The van der Waals surface area contributed by atoms with E-state index in [0.29, 0.717) is 5.41 Å². The minimum Gasteiger partial charge on any atom is -0.0654 e. The molecule has 0 radical (unpaired) electrons. The molecule has 0 aliphatic heterocycles.